The molecule has 0 aliphatic rings. The minimum absolute atomic E-state index is 0.102. The molecule has 0 aliphatic carbocycles. The van der Waals surface area contributed by atoms with Crippen molar-refractivity contribution in [1.82, 2.24) is 0 Å². The average molecular weight is 733 g/mol. The normalized spacial score (nSPS) is 11.8. The van der Waals surface area contributed by atoms with Gasteiger partial charge in [-0.1, -0.05) is 11.8 Å². The molecular weight excluding hydrogens is 668 g/mol. The van der Waals surface area contributed by atoms with E-state index in [0.717, 1.165) is 0 Å². The van der Waals surface area contributed by atoms with Crippen molar-refractivity contribution in [2.24, 2.45) is 0 Å². The number of carbonyl (C=O) groups is 2. The van der Waals surface area contributed by atoms with Gasteiger partial charge in [0.05, 0.1) is 165 Å². The van der Waals surface area contributed by atoms with E-state index in [1.165, 1.54) is 11.8 Å². The molecule has 0 rings (SSSR count). The first-order chi connectivity index (χ1) is 23.8. The van der Waals surface area contributed by atoms with Crippen molar-refractivity contribution in [2.75, 3.05) is 164 Å². The molecule has 0 radical (unpaired) electrons. The molecule has 0 bridgehead atoms. The second kappa shape index (κ2) is 38.2. The average Bonchev–Trinajstić information content (AvgIpc) is 3.05. The highest BCUT2D eigenvalue weighted by Crippen LogP contribution is 2.08. The Morgan fingerprint density at radius 3 is 0.837 bits per heavy atom. The summed E-state index contributed by atoms with van der Waals surface area (Å²) in [5, 5.41) is 0.102. The van der Waals surface area contributed by atoms with Gasteiger partial charge in [0.25, 0.3) is 0 Å². The minimum Gasteiger partial charge on any atom is -0.460 e. The first-order valence-electron chi connectivity index (χ1n) is 17.1. The fourth-order valence-corrected chi connectivity index (χ4v) is 3.80. The molecular formula is C33H64O15S. The van der Waals surface area contributed by atoms with E-state index in [2.05, 4.69) is 0 Å². The lowest BCUT2D eigenvalue weighted by Crippen LogP contribution is -2.24. The molecule has 0 aliphatic heterocycles. The highest BCUT2D eigenvalue weighted by Gasteiger charge is 2.15. The fourth-order valence-electron chi connectivity index (χ4n) is 3.31. The van der Waals surface area contributed by atoms with Gasteiger partial charge in [0.2, 0.25) is 0 Å². The summed E-state index contributed by atoms with van der Waals surface area (Å²) in [7, 11) is 0. The summed E-state index contributed by atoms with van der Waals surface area (Å²) in [6, 6.07) is 0. The highest BCUT2D eigenvalue weighted by molar-refractivity contribution is 8.13. The Balaban J connectivity index is 3.10. The highest BCUT2D eigenvalue weighted by atomic mass is 32.2. The lowest BCUT2D eigenvalue weighted by atomic mass is 10.2. The Morgan fingerprint density at radius 1 is 0.388 bits per heavy atom. The standard InChI is InChI=1S/C33H64O15S/c1-31(34)49-30-29-47-28-27-46-26-25-45-24-23-44-22-21-43-20-19-42-18-17-41-16-15-40-14-13-39-12-11-38-10-9-37-8-7-36-6-5-32(35)48-33(2,3)4/h5-30H2,1-4H3. The number of carbonyl (C=O) groups excluding carboxylic acids is 2. The lowest BCUT2D eigenvalue weighted by Gasteiger charge is -2.19. The maximum absolute atomic E-state index is 11.6. The minimum atomic E-state index is -0.476. The van der Waals surface area contributed by atoms with Gasteiger partial charge in [0.1, 0.15) is 5.60 Å². The second-order valence-electron chi connectivity index (χ2n) is 11.0. The molecule has 0 atom stereocenters. The summed E-state index contributed by atoms with van der Waals surface area (Å²) in [5.41, 5.74) is -0.476. The molecule has 15 nitrogen and oxygen atoms in total. The number of rotatable bonds is 39. The van der Waals surface area contributed by atoms with Crippen molar-refractivity contribution >= 4 is 22.8 Å². The number of hydrogen-bond donors (Lipinski definition) is 0. The van der Waals surface area contributed by atoms with Crippen LogP contribution in [0.1, 0.15) is 34.1 Å². The van der Waals surface area contributed by atoms with Crippen LogP contribution in [0, 0.1) is 0 Å². The Bertz CT molecular complexity index is 712. The number of esters is 1. The maximum Gasteiger partial charge on any atom is 0.308 e. The van der Waals surface area contributed by atoms with Crippen LogP contribution in [0.25, 0.3) is 0 Å². The van der Waals surface area contributed by atoms with Crippen LogP contribution in [-0.4, -0.2) is 181 Å². The molecule has 49 heavy (non-hydrogen) atoms. The van der Waals surface area contributed by atoms with E-state index in [4.69, 9.17) is 61.6 Å². The Kier molecular flexibility index (Phi) is 37.5. The first kappa shape index (κ1) is 48.0. The van der Waals surface area contributed by atoms with Gasteiger partial charge < -0.3 is 61.6 Å². The third-order valence-corrected chi connectivity index (χ3v) is 6.27. The Morgan fingerprint density at radius 2 is 0.612 bits per heavy atom. The third-order valence-electron chi connectivity index (χ3n) is 5.50. The monoisotopic (exact) mass is 732 g/mol. The number of hydrogen-bond acceptors (Lipinski definition) is 16. The van der Waals surface area contributed by atoms with Gasteiger partial charge in [-0.15, -0.1) is 0 Å². The molecule has 0 saturated carbocycles. The zero-order valence-electron chi connectivity index (χ0n) is 30.4. The van der Waals surface area contributed by atoms with Gasteiger partial charge >= 0.3 is 5.97 Å². The van der Waals surface area contributed by atoms with Crippen molar-refractivity contribution in [3.8, 4) is 0 Å². The SMILES string of the molecule is CC(=O)SCCOCCOCCOCCOCCOCCOCCOCCOCCOCCOCCOCCOCCC(=O)OC(C)(C)C. The van der Waals surface area contributed by atoms with E-state index >= 15 is 0 Å². The quantitative estimate of drug-likeness (QED) is 0.0670. The van der Waals surface area contributed by atoms with E-state index in [1.54, 1.807) is 6.92 Å². The summed E-state index contributed by atoms with van der Waals surface area (Å²) in [6.45, 7) is 18.6. The van der Waals surface area contributed by atoms with Crippen molar-refractivity contribution in [3.05, 3.63) is 0 Å². The van der Waals surface area contributed by atoms with E-state index < -0.39 is 5.60 Å². The second-order valence-corrected chi connectivity index (χ2v) is 12.3. The van der Waals surface area contributed by atoms with E-state index in [9.17, 15) is 9.59 Å². The van der Waals surface area contributed by atoms with E-state index in [1.807, 2.05) is 20.8 Å². The van der Waals surface area contributed by atoms with Crippen molar-refractivity contribution < 1.29 is 71.2 Å². The van der Waals surface area contributed by atoms with Crippen LogP contribution in [-0.2, 0) is 71.2 Å². The molecule has 0 saturated heterocycles. The van der Waals surface area contributed by atoms with Gasteiger partial charge in [-0.05, 0) is 20.8 Å². The Hall–Kier alpha value is -0.990. The van der Waals surface area contributed by atoms with Crippen LogP contribution in [0.4, 0.5) is 0 Å². The molecule has 0 heterocycles. The first-order valence-corrected chi connectivity index (χ1v) is 18.1. The molecule has 0 amide bonds. The van der Waals surface area contributed by atoms with Gasteiger partial charge in [-0.2, -0.15) is 0 Å². The lowest BCUT2D eigenvalue weighted by molar-refractivity contribution is -0.156. The van der Waals surface area contributed by atoms with Crippen LogP contribution in [0.3, 0.4) is 0 Å². The molecule has 0 N–H and O–H groups in total. The van der Waals surface area contributed by atoms with E-state index in [-0.39, 0.29) is 17.5 Å². The van der Waals surface area contributed by atoms with E-state index in [0.29, 0.717) is 164 Å². The molecule has 16 heteroatoms. The summed E-state index contributed by atoms with van der Waals surface area (Å²) < 4.78 is 70.5. The Labute approximate surface area is 297 Å². The van der Waals surface area contributed by atoms with Crippen LogP contribution in [0.5, 0.6) is 0 Å². The van der Waals surface area contributed by atoms with Crippen LogP contribution < -0.4 is 0 Å². The summed E-state index contributed by atoms with van der Waals surface area (Å²) in [5.74, 6) is 0.402. The zero-order chi connectivity index (χ0) is 35.9. The topological polar surface area (TPSA) is 154 Å². The largest absolute Gasteiger partial charge is 0.460 e. The van der Waals surface area contributed by atoms with Gasteiger partial charge in [0, 0.05) is 12.7 Å². The molecule has 0 spiro atoms. The van der Waals surface area contributed by atoms with Crippen LogP contribution in [0.15, 0.2) is 0 Å². The molecule has 0 aromatic heterocycles. The van der Waals surface area contributed by atoms with Crippen LogP contribution in [0.2, 0.25) is 0 Å². The summed E-state index contributed by atoms with van der Waals surface area (Å²) >= 11 is 1.26. The predicted molar refractivity (Wildman–Crippen MR) is 183 cm³/mol. The third kappa shape index (κ3) is 45.0. The predicted octanol–water partition coefficient (Wildman–Crippen LogP) is 2.20. The number of ether oxygens (including phenoxy) is 13. The summed E-state index contributed by atoms with van der Waals surface area (Å²) in [6.07, 6.45) is 0.229. The van der Waals surface area contributed by atoms with Crippen molar-refractivity contribution in [1.29, 1.82) is 0 Å². The molecule has 292 valence electrons. The molecule has 0 fully saturated rings. The zero-order valence-corrected chi connectivity index (χ0v) is 31.2. The number of thioether (sulfide) groups is 1. The van der Waals surface area contributed by atoms with Crippen LogP contribution >= 0.6 is 11.8 Å². The summed E-state index contributed by atoms with van der Waals surface area (Å²) in [4.78, 5) is 22.3. The molecule has 0 aromatic rings. The van der Waals surface area contributed by atoms with Crippen molar-refractivity contribution in [3.63, 3.8) is 0 Å². The van der Waals surface area contributed by atoms with Gasteiger partial charge in [0.15, 0.2) is 5.12 Å². The molecule has 0 unspecified atom stereocenters. The molecule has 0 aromatic carbocycles. The smallest absolute Gasteiger partial charge is 0.308 e. The van der Waals surface area contributed by atoms with Crippen molar-refractivity contribution in [2.45, 2.75) is 39.7 Å². The van der Waals surface area contributed by atoms with Gasteiger partial charge in [-0.25, -0.2) is 0 Å². The maximum atomic E-state index is 11.6. The van der Waals surface area contributed by atoms with Gasteiger partial charge in [-0.3, -0.25) is 9.59 Å². The fraction of sp³-hybridized carbons (Fsp3) is 0.939.